The van der Waals surface area contributed by atoms with Gasteiger partial charge in [-0.25, -0.2) is 15.0 Å². The third kappa shape index (κ3) is 4.40. The van der Waals surface area contributed by atoms with Gasteiger partial charge in [-0.15, -0.1) is 0 Å². The second-order valence-electron chi connectivity index (χ2n) is 11.1. The number of aromatic nitrogens is 3. The highest BCUT2D eigenvalue weighted by molar-refractivity contribution is 5.80. The van der Waals surface area contributed by atoms with E-state index in [-0.39, 0.29) is 5.41 Å². The smallest absolute Gasteiger partial charge is 0.164 e. The van der Waals surface area contributed by atoms with Crippen molar-refractivity contribution in [2.75, 3.05) is 0 Å². The van der Waals surface area contributed by atoms with Gasteiger partial charge in [-0.2, -0.15) is 0 Å². The summed E-state index contributed by atoms with van der Waals surface area (Å²) in [4.78, 5) is 14.7. The first kappa shape index (κ1) is 24.2. The Labute approximate surface area is 235 Å². The average Bonchev–Trinajstić information content (AvgIpc) is 3.01. The van der Waals surface area contributed by atoms with Crippen LogP contribution >= 0.6 is 0 Å². The summed E-state index contributed by atoms with van der Waals surface area (Å²) in [7, 11) is 0. The van der Waals surface area contributed by atoms with Gasteiger partial charge in [-0.05, 0) is 57.3 Å². The Hall–Kier alpha value is -4.89. The third-order valence-electron chi connectivity index (χ3n) is 7.84. The second kappa shape index (κ2) is 9.69. The molecule has 0 atom stereocenters. The molecular formula is C37H29N3. The maximum absolute atomic E-state index is 4.93. The molecule has 0 bridgehead atoms. The Morgan fingerprint density at radius 2 is 0.975 bits per heavy atom. The fourth-order valence-electron chi connectivity index (χ4n) is 5.80. The first-order valence-electron chi connectivity index (χ1n) is 13.8. The molecule has 6 aromatic rings. The number of hydrogen-bond donors (Lipinski definition) is 0. The molecular weight excluding hydrogens is 486 g/mol. The summed E-state index contributed by atoms with van der Waals surface area (Å²) in [5.41, 5.74) is 10.8. The van der Waals surface area contributed by atoms with Gasteiger partial charge in [0, 0.05) is 16.7 Å². The molecule has 0 saturated carbocycles. The Morgan fingerprint density at radius 3 is 1.65 bits per heavy atom. The van der Waals surface area contributed by atoms with Crippen LogP contribution in [0.25, 0.3) is 56.4 Å². The molecule has 0 N–H and O–H groups in total. The topological polar surface area (TPSA) is 38.7 Å². The number of fused-ring (bicyclic) bond motifs is 3. The number of hydrogen-bond acceptors (Lipinski definition) is 3. The molecule has 0 amide bonds. The van der Waals surface area contributed by atoms with Crippen LogP contribution in [0.5, 0.6) is 0 Å². The highest BCUT2D eigenvalue weighted by Crippen LogP contribution is 2.44. The van der Waals surface area contributed by atoms with Crippen LogP contribution in [-0.2, 0) is 11.8 Å². The summed E-state index contributed by atoms with van der Waals surface area (Å²) in [6.45, 7) is 4.70. The van der Waals surface area contributed by atoms with Crippen LogP contribution in [0.1, 0.15) is 25.0 Å². The fourth-order valence-corrected chi connectivity index (χ4v) is 5.80. The van der Waals surface area contributed by atoms with Gasteiger partial charge in [-0.1, -0.05) is 129 Å². The van der Waals surface area contributed by atoms with E-state index in [1.807, 2.05) is 60.7 Å². The summed E-state index contributed by atoms with van der Waals surface area (Å²) >= 11 is 0. The molecule has 40 heavy (non-hydrogen) atoms. The van der Waals surface area contributed by atoms with Crippen LogP contribution in [0.4, 0.5) is 0 Å². The summed E-state index contributed by atoms with van der Waals surface area (Å²) in [6.07, 6.45) is 1.04. The van der Waals surface area contributed by atoms with E-state index in [9.17, 15) is 0 Å². The van der Waals surface area contributed by atoms with Gasteiger partial charge in [-0.3, -0.25) is 0 Å². The molecule has 0 aliphatic heterocycles. The molecule has 3 heteroatoms. The zero-order valence-corrected chi connectivity index (χ0v) is 22.7. The molecule has 7 rings (SSSR count). The van der Waals surface area contributed by atoms with Crippen LogP contribution in [0.2, 0.25) is 0 Å². The van der Waals surface area contributed by atoms with E-state index in [1.165, 1.54) is 27.8 Å². The van der Waals surface area contributed by atoms with Crippen molar-refractivity contribution in [2.24, 2.45) is 0 Å². The van der Waals surface area contributed by atoms with Crippen molar-refractivity contribution in [3.63, 3.8) is 0 Å². The van der Waals surface area contributed by atoms with Crippen LogP contribution < -0.4 is 0 Å². The van der Waals surface area contributed by atoms with Crippen molar-refractivity contribution < 1.29 is 0 Å². The highest BCUT2D eigenvalue weighted by Gasteiger charge is 2.31. The van der Waals surface area contributed by atoms with Crippen molar-refractivity contribution in [2.45, 2.75) is 25.7 Å². The molecule has 1 aromatic heterocycles. The Kier molecular flexibility index (Phi) is 5.86. The van der Waals surface area contributed by atoms with Gasteiger partial charge in [0.05, 0.1) is 0 Å². The molecule has 3 nitrogen and oxygen atoms in total. The fraction of sp³-hybridized carbons (Fsp3) is 0.108. The van der Waals surface area contributed by atoms with E-state index >= 15 is 0 Å². The van der Waals surface area contributed by atoms with Crippen molar-refractivity contribution in [1.29, 1.82) is 0 Å². The summed E-state index contributed by atoms with van der Waals surface area (Å²) < 4.78 is 0. The van der Waals surface area contributed by atoms with Gasteiger partial charge in [0.25, 0.3) is 0 Å². The molecule has 0 radical (unpaired) electrons. The van der Waals surface area contributed by atoms with Crippen molar-refractivity contribution >= 4 is 0 Å². The molecule has 192 valence electrons. The Balaban J connectivity index is 1.34. The van der Waals surface area contributed by atoms with Crippen LogP contribution in [0.3, 0.4) is 0 Å². The zero-order chi connectivity index (χ0) is 27.1. The SMILES string of the molecule is CC1(C)Cc2ccccc2-c2ccc(-c3cccc(-c4nc(-c5ccccc5)nc(-c5ccccc5)n4)c3)cc21. The lowest BCUT2D eigenvalue weighted by Crippen LogP contribution is -2.25. The van der Waals surface area contributed by atoms with Gasteiger partial charge < -0.3 is 0 Å². The second-order valence-corrected chi connectivity index (χ2v) is 11.1. The average molecular weight is 516 g/mol. The normalized spacial score (nSPS) is 13.3. The lowest BCUT2D eigenvalue weighted by atomic mass is 9.69. The lowest BCUT2D eigenvalue weighted by Gasteiger charge is -2.34. The number of rotatable bonds is 4. The first-order chi connectivity index (χ1) is 19.5. The van der Waals surface area contributed by atoms with Crippen molar-refractivity contribution in [3.05, 3.63) is 139 Å². The van der Waals surface area contributed by atoms with E-state index < -0.39 is 0 Å². The molecule has 1 aliphatic carbocycles. The number of benzene rings is 5. The molecule has 0 unspecified atom stereocenters. The van der Waals surface area contributed by atoms with Crippen LogP contribution in [0.15, 0.2) is 127 Å². The van der Waals surface area contributed by atoms with Crippen LogP contribution in [-0.4, -0.2) is 15.0 Å². The van der Waals surface area contributed by atoms with Crippen molar-refractivity contribution in [1.82, 2.24) is 15.0 Å². The predicted molar refractivity (Wildman–Crippen MR) is 164 cm³/mol. The standard InChI is InChI=1S/C37H29N3/c1-37(2)24-30-16-9-10-19-31(30)32-21-20-28(23-33(32)37)27-17-11-18-29(22-27)36-39-34(25-12-5-3-6-13-25)38-35(40-36)26-14-7-4-8-15-26/h3-23H,24H2,1-2H3. The molecule has 1 aliphatic rings. The maximum Gasteiger partial charge on any atom is 0.164 e. The van der Waals surface area contributed by atoms with Gasteiger partial charge in [0.1, 0.15) is 0 Å². The van der Waals surface area contributed by atoms with E-state index in [2.05, 4.69) is 80.6 Å². The first-order valence-corrected chi connectivity index (χ1v) is 13.8. The van der Waals surface area contributed by atoms with E-state index in [4.69, 9.17) is 15.0 Å². The van der Waals surface area contributed by atoms with Gasteiger partial charge in [0.15, 0.2) is 17.5 Å². The summed E-state index contributed by atoms with van der Waals surface area (Å²) in [5.74, 6) is 2.01. The minimum Gasteiger partial charge on any atom is -0.208 e. The summed E-state index contributed by atoms with van der Waals surface area (Å²) in [5, 5.41) is 0. The molecule has 0 fully saturated rings. The predicted octanol–water partition coefficient (Wildman–Crippen LogP) is 9.04. The van der Waals surface area contributed by atoms with Crippen LogP contribution in [0, 0.1) is 0 Å². The van der Waals surface area contributed by atoms with Gasteiger partial charge >= 0.3 is 0 Å². The lowest BCUT2D eigenvalue weighted by molar-refractivity contribution is 0.517. The molecule has 0 saturated heterocycles. The maximum atomic E-state index is 4.93. The van der Waals surface area contributed by atoms with Gasteiger partial charge in [0.2, 0.25) is 0 Å². The highest BCUT2D eigenvalue weighted by atomic mass is 15.0. The minimum atomic E-state index is 0.0562. The summed E-state index contributed by atoms with van der Waals surface area (Å²) in [6, 6.07) is 44.5. The molecule has 0 spiro atoms. The Bertz CT molecular complexity index is 1780. The molecule has 5 aromatic carbocycles. The zero-order valence-electron chi connectivity index (χ0n) is 22.7. The largest absolute Gasteiger partial charge is 0.208 e. The van der Waals surface area contributed by atoms with Crippen molar-refractivity contribution in [3.8, 4) is 56.4 Å². The number of nitrogens with zero attached hydrogens (tertiary/aromatic N) is 3. The Morgan fingerprint density at radius 1 is 0.450 bits per heavy atom. The quantitative estimate of drug-likeness (QED) is 0.235. The van der Waals surface area contributed by atoms with E-state index in [1.54, 1.807) is 0 Å². The molecule has 1 heterocycles. The third-order valence-corrected chi connectivity index (χ3v) is 7.84. The van der Waals surface area contributed by atoms with E-state index in [0.29, 0.717) is 17.5 Å². The van der Waals surface area contributed by atoms with E-state index in [0.717, 1.165) is 28.7 Å². The monoisotopic (exact) mass is 515 g/mol. The minimum absolute atomic E-state index is 0.0562.